The molecule has 1 aromatic carbocycles. The molecule has 22 nitrogen and oxygen atoms in total. The fraction of sp³-hybridized carbons (Fsp3) is 0.551. The fourth-order valence-corrected chi connectivity index (χ4v) is 7.46. The van der Waals surface area contributed by atoms with Crippen molar-refractivity contribution < 1.29 is 58.1 Å². The fourth-order valence-electron chi connectivity index (χ4n) is 7.46. The zero-order chi connectivity index (χ0) is 53.7. The van der Waals surface area contributed by atoms with Crippen LogP contribution in [0, 0.1) is 23.7 Å². The lowest BCUT2D eigenvalue weighted by molar-refractivity contribution is -0.146. The molecule has 0 bridgehead atoms. The predicted molar refractivity (Wildman–Crippen MR) is 264 cm³/mol. The first-order chi connectivity index (χ1) is 33.3. The second-order valence-corrected chi connectivity index (χ2v) is 18.3. The van der Waals surface area contributed by atoms with Gasteiger partial charge < -0.3 is 63.2 Å². The van der Waals surface area contributed by atoms with E-state index in [2.05, 4.69) is 43.5 Å². The van der Waals surface area contributed by atoms with Crippen molar-refractivity contribution in [2.75, 3.05) is 20.7 Å². The van der Waals surface area contributed by atoms with Crippen molar-refractivity contribution in [1.29, 1.82) is 0 Å². The third-order valence-corrected chi connectivity index (χ3v) is 12.0. The number of benzene rings is 1. The van der Waals surface area contributed by atoms with E-state index in [4.69, 9.17) is 16.2 Å². The van der Waals surface area contributed by atoms with Gasteiger partial charge >= 0.3 is 11.9 Å². The number of guanidine groups is 1. The summed E-state index contributed by atoms with van der Waals surface area (Å²) in [4.78, 5) is 126. The SMILES string of the molecule is C=C1C(=O)N[C@H](C)C(=O)N[C@@H](CC(C)C)C(=O)NC(C(=O)O)[C@H](C)C(=O)NC(CCCN=C(N)N)C(=O)NC(/C=C/C(C)=C\[C@H](C)[C@H](Cc2ccccc2)OC)C(C)C(=O)N[C@@H](C(=O)O)CCC(=O)N1C. The molecular weight excluding hydrogens is 921 g/mol. The van der Waals surface area contributed by atoms with Crippen LogP contribution in [0.1, 0.15) is 86.1 Å². The lowest BCUT2D eigenvalue weighted by Crippen LogP contribution is -2.59. The second-order valence-electron chi connectivity index (χ2n) is 18.3. The maximum atomic E-state index is 14.4. The minimum Gasteiger partial charge on any atom is -0.480 e. The minimum absolute atomic E-state index is 0.00610. The van der Waals surface area contributed by atoms with Crippen molar-refractivity contribution in [2.45, 2.75) is 129 Å². The highest BCUT2D eigenvalue weighted by molar-refractivity contribution is 6.00. The summed E-state index contributed by atoms with van der Waals surface area (Å²) in [5.41, 5.74) is 12.4. The van der Waals surface area contributed by atoms with E-state index in [0.29, 0.717) is 12.0 Å². The van der Waals surface area contributed by atoms with E-state index in [0.717, 1.165) is 10.5 Å². The van der Waals surface area contributed by atoms with Crippen molar-refractivity contribution in [2.24, 2.45) is 40.1 Å². The van der Waals surface area contributed by atoms with E-state index < -0.39 is 120 Å². The molecule has 1 saturated heterocycles. The summed E-state index contributed by atoms with van der Waals surface area (Å²) in [7, 11) is 2.82. The van der Waals surface area contributed by atoms with Crippen LogP contribution in [0.25, 0.3) is 0 Å². The Morgan fingerprint density at radius 2 is 1.45 bits per heavy atom. The molecule has 1 aliphatic rings. The van der Waals surface area contributed by atoms with Crippen molar-refractivity contribution in [3.05, 3.63) is 72.0 Å². The molecule has 1 aromatic rings. The van der Waals surface area contributed by atoms with Gasteiger partial charge in [0.15, 0.2) is 5.96 Å². The summed E-state index contributed by atoms with van der Waals surface area (Å²) in [5, 5.41) is 35.5. The lowest BCUT2D eigenvalue weighted by atomic mass is 9.94. The third kappa shape index (κ3) is 20.0. The number of hydrogen-bond acceptors (Lipinski definition) is 11. The topological polar surface area (TPSA) is 343 Å². The Hall–Kier alpha value is -7.10. The highest BCUT2D eigenvalue weighted by atomic mass is 16.5. The van der Waals surface area contributed by atoms with Gasteiger partial charge in [-0.3, -0.25) is 38.6 Å². The number of ether oxygens (including phenoxy) is 1. The highest BCUT2D eigenvalue weighted by Crippen LogP contribution is 2.19. The summed E-state index contributed by atoms with van der Waals surface area (Å²) < 4.78 is 5.81. The first-order valence-electron chi connectivity index (χ1n) is 23.5. The highest BCUT2D eigenvalue weighted by Gasteiger charge is 2.37. The molecule has 0 aliphatic carbocycles. The Labute approximate surface area is 415 Å². The number of carbonyl (C=O) groups excluding carboxylic acids is 7. The van der Waals surface area contributed by atoms with Crippen LogP contribution in [0.5, 0.6) is 0 Å². The number of carboxylic acids is 2. The molecule has 7 amide bonds. The molecule has 2 rings (SSSR count). The zero-order valence-corrected chi connectivity index (χ0v) is 42.2. The number of hydrogen-bond donors (Lipinski definition) is 10. The number of nitrogens with one attached hydrogen (secondary N) is 6. The molecule has 12 N–H and O–H groups in total. The first-order valence-corrected chi connectivity index (χ1v) is 23.5. The number of likely N-dealkylation sites (N-methyl/N-ethyl adjacent to an activating group) is 1. The number of aliphatic imine (C=N–C) groups is 1. The number of methoxy groups -OCH3 is 1. The molecule has 1 fully saturated rings. The molecule has 0 aromatic heterocycles. The molecule has 4 unspecified atom stereocenters. The smallest absolute Gasteiger partial charge is 0.327 e. The van der Waals surface area contributed by atoms with Gasteiger partial charge in [0, 0.05) is 33.0 Å². The van der Waals surface area contributed by atoms with Crippen LogP contribution in [-0.4, -0.2) is 137 Å². The Morgan fingerprint density at radius 3 is 2.03 bits per heavy atom. The molecule has 0 radical (unpaired) electrons. The van der Waals surface area contributed by atoms with Gasteiger partial charge in [-0.05, 0) is 57.4 Å². The number of nitrogens with zero attached hydrogens (tertiary/aromatic N) is 2. The van der Waals surface area contributed by atoms with Gasteiger partial charge in [0.2, 0.25) is 35.4 Å². The van der Waals surface area contributed by atoms with Gasteiger partial charge in [0.1, 0.15) is 35.9 Å². The summed E-state index contributed by atoms with van der Waals surface area (Å²) in [6.45, 7) is 14.9. The van der Waals surface area contributed by atoms with Crippen LogP contribution in [0.2, 0.25) is 0 Å². The lowest BCUT2D eigenvalue weighted by Gasteiger charge is -2.28. The maximum absolute atomic E-state index is 14.4. The van der Waals surface area contributed by atoms with Gasteiger partial charge in [0.25, 0.3) is 5.91 Å². The Morgan fingerprint density at radius 1 is 0.845 bits per heavy atom. The standard InChI is InChI=1S/C49H74N10O12/c1-26(2)23-37-46(66)58-40(48(69)70)30(6)42(62)55-35(17-14-22-52-49(50)51)45(65)54-34(19-18-27(3)24-28(4)38(71-10)25-33-15-12-11-13-16-33)29(5)41(61)56-36(47(67)68)20-21-39(60)59(9)32(8)44(64)53-31(7)43(63)57-37/h11-13,15-16,18-19,24,26,28-31,34-38,40H,8,14,17,20-23,25H2,1-7,9-10H3,(H,53,64)(H,54,65)(H,55,62)(H,56,61)(H,57,63)(H,58,66)(H,67,68)(H,69,70)(H4,50,51,52)/b19-18+,27-24-/t28-,29?,30-,31+,34?,35?,36+,37-,38-,40?/m0/s1. The van der Waals surface area contributed by atoms with E-state index in [1.807, 2.05) is 43.3 Å². The summed E-state index contributed by atoms with van der Waals surface area (Å²) >= 11 is 0. The molecule has 392 valence electrons. The molecule has 22 heteroatoms. The number of allylic oxidation sites excluding steroid dienone is 2. The van der Waals surface area contributed by atoms with E-state index >= 15 is 0 Å². The largest absolute Gasteiger partial charge is 0.480 e. The Kier molecular flexibility index (Phi) is 24.7. The van der Waals surface area contributed by atoms with Crippen LogP contribution in [0.3, 0.4) is 0 Å². The van der Waals surface area contributed by atoms with E-state index in [9.17, 15) is 53.4 Å². The van der Waals surface area contributed by atoms with Gasteiger partial charge in [-0.15, -0.1) is 0 Å². The predicted octanol–water partition coefficient (Wildman–Crippen LogP) is 0.618. The van der Waals surface area contributed by atoms with Gasteiger partial charge in [-0.2, -0.15) is 0 Å². The number of rotatable bonds is 15. The molecule has 71 heavy (non-hydrogen) atoms. The summed E-state index contributed by atoms with van der Waals surface area (Å²) in [6.07, 6.45) is 4.64. The average molecular weight is 995 g/mol. The van der Waals surface area contributed by atoms with Crippen LogP contribution < -0.4 is 43.4 Å². The van der Waals surface area contributed by atoms with Gasteiger partial charge in [0.05, 0.1) is 24.0 Å². The molecule has 0 saturated carbocycles. The zero-order valence-electron chi connectivity index (χ0n) is 42.2. The molecule has 10 atom stereocenters. The maximum Gasteiger partial charge on any atom is 0.327 e. The van der Waals surface area contributed by atoms with E-state index in [1.165, 1.54) is 33.9 Å². The van der Waals surface area contributed by atoms with Gasteiger partial charge in [-0.1, -0.05) is 95.3 Å². The Balaban J connectivity index is 2.73. The van der Waals surface area contributed by atoms with Crippen LogP contribution >= 0.6 is 0 Å². The van der Waals surface area contributed by atoms with Crippen molar-refractivity contribution in [1.82, 2.24) is 36.8 Å². The molecule has 0 spiro atoms. The summed E-state index contributed by atoms with van der Waals surface area (Å²) in [6, 6.07) is 0.998. The first kappa shape index (κ1) is 60.0. The monoisotopic (exact) mass is 995 g/mol. The summed E-state index contributed by atoms with van der Waals surface area (Å²) in [5.74, 6) is -12.6. The second kappa shape index (κ2) is 29.2. The molecule has 1 aliphatic heterocycles. The molecule has 1 heterocycles. The normalized spacial score (nSPS) is 25.3. The van der Waals surface area contributed by atoms with Gasteiger partial charge in [-0.25, -0.2) is 9.59 Å². The average Bonchev–Trinajstić information content (AvgIpc) is 3.31. The molecular formula is C49H74N10O12. The van der Waals surface area contributed by atoms with Crippen molar-refractivity contribution in [3.8, 4) is 0 Å². The quantitative estimate of drug-likeness (QED) is 0.0379. The van der Waals surface area contributed by atoms with E-state index in [-0.39, 0.29) is 49.7 Å². The number of carboxylic acid groups (broad SMARTS) is 2. The number of nitrogens with two attached hydrogens (primary N) is 2. The van der Waals surface area contributed by atoms with Crippen molar-refractivity contribution >= 4 is 59.2 Å². The van der Waals surface area contributed by atoms with Crippen LogP contribution in [0.4, 0.5) is 0 Å². The number of carbonyl (C=O) groups is 9. The van der Waals surface area contributed by atoms with E-state index in [1.54, 1.807) is 34.0 Å². The van der Waals surface area contributed by atoms with Crippen LogP contribution in [-0.2, 0) is 54.3 Å². The minimum atomic E-state index is -1.88. The number of amides is 7. The van der Waals surface area contributed by atoms with Crippen molar-refractivity contribution in [3.63, 3.8) is 0 Å². The Bertz CT molecular complexity index is 2160. The number of aliphatic carboxylic acids is 2. The third-order valence-electron chi connectivity index (χ3n) is 12.0. The van der Waals surface area contributed by atoms with Crippen LogP contribution in [0.15, 0.2) is 71.4 Å².